The molecule has 7 heteroatoms. The molecular weight excluding hydrogens is 418 g/mol. The van der Waals surface area contributed by atoms with E-state index in [-0.39, 0.29) is 6.10 Å². The first-order valence-corrected chi connectivity index (χ1v) is 12.3. The number of aromatic nitrogens is 1. The van der Waals surface area contributed by atoms with Crippen molar-refractivity contribution in [3.63, 3.8) is 0 Å². The van der Waals surface area contributed by atoms with E-state index in [0.717, 1.165) is 22.7 Å². The molecule has 0 saturated heterocycles. The Kier molecular flexibility index (Phi) is 10.2. The van der Waals surface area contributed by atoms with Crippen LogP contribution >= 0.6 is 0 Å². The van der Waals surface area contributed by atoms with Gasteiger partial charge < -0.3 is 24.0 Å². The van der Waals surface area contributed by atoms with E-state index in [0.29, 0.717) is 38.9 Å². The fraction of sp³-hybridized carbons (Fsp3) is 0.654. The van der Waals surface area contributed by atoms with Crippen molar-refractivity contribution in [1.82, 2.24) is 10.1 Å². The SMILES string of the molecule is COCCN(Cc1c(-c2ccccc2)noc1N(C)C1CCCCC1)C[C@@H](O)COC(C)C. The molecule has 1 heterocycles. The van der Waals surface area contributed by atoms with E-state index in [1.54, 1.807) is 7.11 Å². The van der Waals surface area contributed by atoms with E-state index in [9.17, 15) is 5.11 Å². The molecule has 0 amide bonds. The first-order valence-electron chi connectivity index (χ1n) is 12.3. The van der Waals surface area contributed by atoms with E-state index in [1.807, 2.05) is 32.0 Å². The van der Waals surface area contributed by atoms with Gasteiger partial charge in [-0.15, -0.1) is 0 Å². The maximum absolute atomic E-state index is 10.6. The number of rotatable bonds is 13. The molecule has 3 rings (SSSR count). The molecule has 33 heavy (non-hydrogen) atoms. The van der Waals surface area contributed by atoms with Crippen LogP contribution in [0.25, 0.3) is 11.3 Å². The third-order valence-electron chi connectivity index (χ3n) is 6.34. The Balaban J connectivity index is 1.86. The fourth-order valence-electron chi connectivity index (χ4n) is 4.51. The third-order valence-corrected chi connectivity index (χ3v) is 6.34. The Labute approximate surface area is 198 Å². The quantitative estimate of drug-likeness (QED) is 0.478. The van der Waals surface area contributed by atoms with Crippen molar-refractivity contribution >= 4 is 5.88 Å². The maximum atomic E-state index is 10.6. The number of nitrogens with zero attached hydrogens (tertiary/aromatic N) is 3. The van der Waals surface area contributed by atoms with Crippen molar-refractivity contribution < 1.29 is 19.1 Å². The lowest BCUT2D eigenvalue weighted by atomic mass is 9.94. The van der Waals surface area contributed by atoms with E-state index in [2.05, 4.69) is 34.1 Å². The summed E-state index contributed by atoms with van der Waals surface area (Å²) in [5.74, 6) is 0.830. The van der Waals surface area contributed by atoms with Gasteiger partial charge in [-0.05, 0) is 26.7 Å². The van der Waals surface area contributed by atoms with Crippen LogP contribution in [0.4, 0.5) is 5.88 Å². The Morgan fingerprint density at radius 2 is 1.88 bits per heavy atom. The van der Waals surface area contributed by atoms with Crippen molar-refractivity contribution in [2.24, 2.45) is 0 Å². The maximum Gasteiger partial charge on any atom is 0.232 e. The summed E-state index contributed by atoms with van der Waals surface area (Å²) in [7, 11) is 3.83. The second kappa shape index (κ2) is 13.1. The standard InChI is InChI=1S/C26H41N3O4/c1-20(2)32-19-23(30)17-29(15-16-31-4)18-24-25(21-11-7-5-8-12-21)27-33-26(24)28(3)22-13-9-6-10-14-22/h5,7-8,11-12,20,22-23,30H,6,9-10,13-19H2,1-4H3/t23-/m1/s1. The lowest BCUT2D eigenvalue weighted by molar-refractivity contribution is -0.0121. The van der Waals surface area contributed by atoms with E-state index >= 15 is 0 Å². The van der Waals surface area contributed by atoms with Crippen molar-refractivity contribution in [2.75, 3.05) is 45.4 Å². The van der Waals surface area contributed by atoms with Gasteiger partial charge in [0.25, 0.3) is 0 Å². The van der Waals surface area contributed by atoms with Crippen molar-refractivity contribution in [2.45, 2.75) is 70.7 Å². The molecule has 1 aromatic carbocycles. The minimum absolute atomic E-state index is 0.0885. The third kappa shape index (κ3) is 7.54. The molecule has 1 atom stereocenters. The summed E-state index contributed by atoms with van der Waals surface area (Å²) in [5.41, 5.74) is 2.96. The number of hydrogen-bond donors (Lipinski definition) is 1. The molecule has 0 radical (unpaired) electrons. The monoisotopic (exact) mass is 459 g/mol. The lowest BCUT2D eigenvalue weighted by Gasteiger charge is -2.32. The highest BCUT2D eigenvalue weighted by atomic mass is 16.5. The molecule has 1 aliphatic rings. The predicted molar refractivity (Wildman–Crippen MR) is 131 cm³/mol. The number of aliphatic hydroxyl groups excluding tert-OH is 1. The zero-order valence-corrected chi connectivity index (χ0v) is 20.7. The molecule has 0 unspecified atom stereocenters. The van der Waals surface area contributed by atoms with Gasteiger partial charge in [0.1, 0.15) is 5.69 Å². The summed E-state index contributed by atoms with van der Waals surface area (Å²) in [4.78, 5) is 4.48. The first kappa shape index (κ1) is 25.7. The number of ether oxygens (including phenoxy) is 2. The van der Waals surface area contributed by atoms with E-state index in [1.165, 1.54) is 32.1 Å². The highest BCUT2D eigenvalue weighted by Gasteiger charge is 2.28. The molecule has 184 valence electrons. The number of benzene rings is 1. The van der Waals surface area contributed by atoms with Crippen LogP contribution < -0.4 is 4.90 Å². The number of anilines is 1. The van der Waals surface area contributed by atoms with Gasteiger partial charge in [-0.3, -0.25) is 4.90 Å². The van der Waals surface area contributed by atoms with E-state index in [4.69, 9.17) is 14.0 Å². The molecule has 2 aromatic rings. The number of hydrogen-bond acceptors (Lipinski definition) is 7. The lowest BCUT2D eigenvalue weighted by Crippen LogP contribution is -2.38. The average Bonchev–Trinajstić information content (AvgIpc) is 3.25. The summed E-state index contributed by atoms with van der Waals surface area (Å²) in [6.07, 6.45) is 5.68. The zero-order chi connectivity index (χ0) is 23.6. The van der Waals surface area contributed by atoms with Gasteiger partial charge in [0.2, 0.25) is 5.88 Å². The molecule has 1 fully saturated rings. The summed E-state index contributed by atoms with van der Waals surface area (Å²) in [6, 6.07) is 10.6. The van der Waals surface area contributed by atoms with Crippen LogP contribution in [0, 0.1) is 0 Å². The normalized spacial score (nSPS) is 16.0. The van der Waals surface area contributed by atoms with E-state index < -0.39 is 6.10 Å². The Bertz CT molecular complexity index is 805. The van der Waals surface area contributed by atoms with Crippen molar-refractivity contribution in [3.05, 3.63) is 35.9 Å². The Morgan fingerprint density at radius 3 is 2.55 bits per heavy atom. The number of aliphatic hydroxyl groups is 1. The second-order valence-corrected chi connectivity index (χ2v) is 9.35. The summed E-state index contributed by atoms with van der Waals surface area (Å²) < 4.78 is 17.0. The van der Waals surface area contributed by atoms with Gasteiger partial charge >= 0.3 is 0 Å². The van der Waals surface area contributed by atoms with Gasteiger partial charge in [-0.2, -0.15) is 0 Å². The summed E-state index contributed by atoms with van der Waals surface area (Å²) >= 11 is 0. The van der Waals surface area contributed by atoms with Crippen LogP contribution in [0.3, 0.4) is 0 Å². The van der Waals surface area contributed by atoms with Gasteiger partial charge in [-0.1, -0.05) is 54.8 Å². The molecule has 0 spiro atoms. The Hall–Kier alpha value is -1.93. The smallest absolute Gasteiger partial charge is 0.232 e. The predicted octanol–water partition coefficient (Wildman–Crippen LogP) is 4.34. The zero-order valence-electron chi connectivity index (χ0n) is 20.7. The largest absolute Gasteiger partial charge is 0.389 e. The topological polar surface area (TPSA) is 71.2 Å². The summed E-state index contributed by atoms with van der Waals surface area (Å²) in [6.45, 7) is 6.65. The van der Waals surface area contributed by atoms with Gasteiger partial charge in [0, 0.05) is 45.4 Å². The highest BCUT2D eigenvalue weighted by Crippen LogP contribution is 2.35. The first-order chi connectivity index (χ1) is 16.0. The number of methoxy groups -OCH3 is 1. The van der Waals surface area contributed by atoms with Crippen LogP contribution in [-0.2, 0) is 16.0 Å². The molecule has 1 aromatic heterocycles. The molecule has 0 bridgehead atoms. The highest BCUT2D eigenvalue weighted by molar-refractivity contribution is 5.68. The van der Waals surface area contributed by atoms with Gasteiger partial charge in [-0.25, -0.2) is 0 Å². The molecular formula is C26H41N3O4. The Morgan fingerprint density at radius 1 is 1.15 bits per heavy atom. The van der Waals surface area contributed by atoms with Crippen LogP contribution in [0.1, 0.15) is 51.5 Å². The fourth-order valence-corrected chi connectivity index (χ4v) is 4.51. The van der Waals surface area contributed by atoms with Crippen molar-refractivity contribution in [1.29, 1.82) is 0 Å². The van der Waals surface area contributed by atoms with Gasteiger partial charge in [0.15, 0.2) is 0 Å². The molecule has 0 aliphatic heterocycles. The second-order valence-electron chi connectivity index (χ2n) is 9.35. The molecule has 1 saturated carbocycles. The van der Waals surface area contributed by atoms with Crippen LogP contribution in [-0.4, -0.2) is 73.9 Å². The average molecular weight is 460 g/mol. The minimum Gasteiger partial charge on any atom is -0.389 e. The van der Waals surface area contributed by atoms with Crippen molar-refractivity contribution in [3.8, 4) is 11.3 Å². The molecule has 1 N–H and O–H groups in total. The molecule has 7 nitrogen and oxygen atoms in total. The van der Waals surface area contributed by atoms with Gasteiger partial charge in [0.05, 0.1) is 31.0 Å². The minimum atomic E-state index is -0.580. The van der Waals surface area contributed by atoms with Crippen LogP contribution in [0.5, 0.6) is 0 Å². The van der Waals surface area contributed by atoms with Crippen LogP contribution in [0.15, 0.2) is 34.9 Å². The molecule has 1 aliphatic carbocycles. The van der Waals surface area contributed by atoms with Crippen LogP contribution in [0.2, 0.25) is 0 Å². The summed E-state index contributed by atoms with van der Waals surface area (Å²) in [5, 5.41) is 15.1.